The van der Waals surface area contributed by atoms with Crippen molar-refractivity contribution < 1.29 is 14.6 Å². The molecule has 1 fully saturated rings. The monoisotopic (exact) mass is 340 g/mol. The maximum absolute atomic E-state index is 12.9. The highest BCUT2D eigenvalue weighted by Crippen LogP contribution is 2.27. The predicted molar refractivity (Wildman–Crippen MR) is 95.8 cm³/mol. The Hall–Kier alpha value is -2.40. The molecule has 1 aliphatic rings. The fourth-order valence-corrected chi connectivity index (χ4v) is 3.15. The van der Waals surface area contributed by atoms with Gasteiger partial charge in [0, 0.05) is 37.0 Å². The number of carbonyl (C=O) groups excluding carboxylic acids is 1. The largest absolute Gasteiger partial charge is 0.457 e. The third-order valence-corrected chi connectivity index (χ3v) is 4.74. The van der Waals surface area contributed by atoms with Gasteiger partial charge in [-0.3, -0.25) is 9.78 Å². The van der Waals surface area contributed by atoms with Gasteiger partial charge in [0.2, 0.25) is 0 Å². The number of ether oxygens (including phenoxy) is 1. The summed E-state index contributed by atoms with van der Waals surface area (Å²) in [4.78, 5) is 18.7. The molecular weight excluding hydrogens is 316 g/mol. The fraction of sp³-hybridized carbons (Fsp3) is 0.400. The average Bonchev–Trinajstić information content (AvgIpc) is 2.64. The molecule has 132 valence electrons. The van der Waals surface area contributed by atoms with Gasteiger partial charge >= 0.3 is 0 Å². The lowest BCUT2D eigenvalue weighted by Gasteiger charge is -2.34. The lowest BCUT2D eigenvalue weighted by Crippen LogP contribution is -2.42. The molecule has 0 spiro atoms. The molecule has 0 aliphatic carbocycles. The smallest absolute Gasteiger partial charge is 0.253 e. The summed E-state index contributed by atoms with van der Waals surface area (Å²) in [6, 6.07) is 9.10. The van der Waals surface area contributed by atoms with Crippen LogP contribution in [0.1, 0.15) is 35.7 Å². The number of rotatable bonds is 4. The van der Waals surface area contributed by atoms with Crippen LogP contribution in [-0.2, 0) is 0 Å². The standard InChI is InChI=1S/C20H24N2O3/c1-14-5-6-16(12-19(14)25-18-7-9-21-10-8-18)20(24)22-11-3-4-17(13-22)15(2)23/h5-10,12,15,17,23H,3-4,11,13H2,1-2H3. The van der Waals surface area contributed by atoms with Crippen LogP contribution in [0.5, 0.6) is 11.5 Å². The number of carbonyl (C=O) groups is 1. The van der Waals surface area contributed by atoms with Crippen molar-refractivity contribution in [3.63, 3.8) is 0 Å². The summed E-state index contributed by atoms with van der Waals surface area (Å²) in [6.45, 7) is 5.09. The van der Waals surface area contributed by atoms with Crippen molar-refractivity contribution in [3.05, 3.63) is 53.9 Å². The molecule has 0 radical (unpaired) electrons. The molecule has 1 aliphatic heterocycles. The number of piperidine rings is 1. The summed E-state index contributed by atoms with van der Waals surface area (Å²) in [5.41, 5.74) is 1.58. The molecule has 1 aromatic heterocycles. The van der Waals surface area contributed by atoms with Gasteiger partial charge in [-0.15, -0.1) is 0 Å². The molecule has 1 amide bonds. The van der Waals surface area contributed by atoms with E-state index in [9.17, 15) is 9.90 Å². The van der Waals surface area contributed by atoms with E-state index in [1.807, 2.05) is 24.0 Å². The predicted octanol–water partition coefficient (Wildman–Crippen LogP) is 3.42. The van der Waals surface area contributed by atoms with E-state index in [2.05, 4.69) is 4.98 Å². The molecule has 5 heteroatoms. The molecule has 1 N–H and O–H groups in total. The van der Waals surface area contributed by atoms with Crippen molar-refractivity contribution in [3.8, 4) is 11.5 Å². The number of aryl methyl sites for hydroxylation is 1. The van der Waals surface area contributed by atoms with E-state index in [1.165, 1.54) is 0 Å². The van der Waals surface area contributed by atoms with Crippen molar-refractivity contribution in [2.24, 2.45) is 5.92 Å². The van der Waals surface area contributed by atoms with E-state index in [0.717, 1.165) is 24.9 Å². The van der Waals surface area contributed by atoms with Crippen LogP contribution in [0.25, 0.3) is 0 Å². The van der Waals surface area contributed by atoms with Gasteiger partial charge in [-0.25, -0.2) is 0 Å². The number of pyridine rings is 1. The van der Waals surface area contributed by atoms with Gasteiger partial charge in [-0.1, -0.05) is 6.07 Å². The Morgan fingerprint density at radius 3 is 2.80 bits per heavy atom. The molecule has 0 bridgehead atoms. The molecule has 1 aromatic carbocycles. The molecular formula is C20H24N2O3. The summed E-state index contributed by atoms with van der Waals surface area (Å²) in [5.74, 6) is 1.50. The topological polar surface area (TPSA) is 62.7 Å². The lowest BCUT2D eigenvalue weighted by atomic mass is 9.93. The first kappa shape index (κ1) is 17.4. The third-order valence-electron chi connectivity index (χ3n) is 4.74. The number of amides is 1. The second-order valence-electron chi connectivity index (χ2n) is 6.66. The van der Waals surface area contributed by atoms with Gasteiger partial charge in [0.1, 0.15) is 11.5 Å². The second-order valence-corrected chi connectivity index (χ2v) is 6.66. The van der Waals surface area contributed by atoms with Crippen molar-refractivity contribution in [2.45, 2.75) is 32.8 Å². The van der Waals surface area contributed by atoms with Crippen LogP contribution < -0.4 is 4.74 Å². The van der Waals surface area contributed by atoms with Crippen molar-refractivity contribution in [2.75, 3.05) is 13.1 Å². The number of hydrogen-bond donors (Lipinski definition) is 1. The Bertz CT molecular complexity index is 731. The molecule has 2 heterocycles. The highest BCUT2D eigenvalue weighted by molar-refractivity contribution is 5.94. The van der Waals surface area contributed by atoms with E-state index in [-0.39, 0.29) is 17.9 Å². The van der Waals surface area contributed by atoms with Gasteiger partial charge < -0.3 is 14.7 Å². The summed E-state index contributed by atoms with van der Waals surface area (Å²) < 4.78 is 5.90. The number of aliphatic hydroxyl groups is 1. The minimum Gasteiger partial charge on any atom is -0.457 e. The van der Waals surface area contributed by atoms with Gasteiger partial charge in [-0.05, 0) is 56.5 Å². The van der Waals surface area contributed by atoms with E-state index in [1.54, 1.807) is 37.5 Å². The van der Waals surface area contributed by atoms with Crippen LogP contribution in [0.2, 0.25) is 0 Å². The van der Waals surface area contributed by atoms with Crippen LogP contribution in [0.15, 0.2) is 42.7 Å². The van der Waals surface area contributed by atoms with E-state index >= 15 is 0 Å². The maximum Gasteiger partial charge on any atom is 0.253 e. The summed E-state index contributed by atoms with van der Waals surface area (Å²) in [6.07, 6.45) is 4.84. The number of nitrogens with zero attached hydrogens (tertiary/aromatic N) is 2. The Morgan fingerprint density at radius 2 is 2.08 bits per heavy atom. The number of benzene rings is 1. The number of aromatic nitrogens is 1. The first-order valence-electron chi connectivity index (χ1n) is 8.70. The normalized spacial score (nSPS) is 18.7. The lowest BCUT2D eigenvalue weighted by molar-refractivity contribution is 0.0466. The maximum atomic E-state index is 12.9. The Labute approximate surface area is 148 Å². The zero-order chi connectivity index (χ0) is 17.8. The van der Waals surface area contributed by atoms with E-state index in [0.29, 0.717) is 23.6 Å². The van der Waals surface area contributed by atoms with Crippen LogP contribution in [0.3, 0.4) is 0 Å². The number of hydrogen-bond acceptors (Lipinski definition) is 4. The molecule has 0 saturated carbocycles. The minimum absolute atomic E-state index is 0.00933. The molecule has 2 atom stereocenters. The zero-order valence-corrected chi connectivity index (χ0v) is 14.7. The van der Waals surface area contributed by atoms with Crippen LogP contribution >= 0.6 is 0 Å². The van der Waals surface area contributed by atoms with Gasteiger partial charge in [0.15, 0.2) is 0 Å². The highest BCUT2D eigenvalue weighted by Gasteiger charge is 2.27. The SMILES string of the molecule is Cc1ccc(C(=O)N2CCCC(C(C)O)C2)cc1Oc1ccncc1. The second kappa shape index (κ2) is 7.66. The number of likely N-dealkylation sites (tertiary alicyclic amines) is 1. The number of aliphatic hydroxyl groups excluding tert-OH is 1. The average molecular weight is 340 g/mol. The van der Waals surface area contributed by atoms with Gasteiger partial charge in [0.25, 0.3) is 5.91 Å². The van der Waals surface area contributed by atoms with Crippen molar-refractivity contribution >= 4 is 5.91 Å². The molecule has 2 aromatic rings. The first-order chi connectivity index (χ1) is 12.0. The van der Waals surface area contributed by atoms with E-state index < -0.39 is 0 Å². The quantitative estimate of drug-likeness (QED) is 0.926. The highest BCUT2D eigenvalue weighted by atomic mass is 16.5. The van der Waals surface area contributed by atoms with Crippen molar-refractivity contribution in [1.82, 2.24) is 9.88 Å². The first-order valence-corrected chi connectivity index (χ1v) is 8.70. The Balaban J connectivity index is 1.78. The fourth-order valence-electron chi connectivity index (χ4n) is 3.15. The third kappa shape index (κ3) is 4.17. The molecule has 3 rings (SSSR count). The molecule has 5 nitrogen and oxygen atoms in total. The minimum atomic E-state index is -0.390. The van der Waals surface area contributed by atoms with E-state index in [4.69, 9.17) is 4.74 Å². The van der Waals surface area contributed by atoms with Gasteiger partial charge in [0.05, 0.1) is 6.10 Å². The van der Waals surface area contributed by atoms with Gasteiger partial charge in [-0.2, -0.15) is 0 Å². The summed E-state index contributed by atoms with van der Waals surface area (Å²) >= 11 is 0. The molecule has 2 unspecified atom stereocenters. The van der Waals surface area contributed by atoms with Crippen LogP contribution in [0, 0.1) is 12.8 Å². The summed E-state index contributed by atoms with van der Waals surface area (Å²) in [7, 11) is 0. The molecule has 1 saturated heterocycles. The zero-order valence-electron chi connectivity index (χ0n) is 14.7. The van der Waals surface area contributed by atoms with Crippen molar-refractivity contribution in [1.29, 1.82) is 0 Å². The summed E-state index contributed by atoms with van der Waals surface area (Å²) in [5, 5.41) is 9.83. The Kier molecular flexibility index (Phi) is 5.34. The van der Waals surface area contributed by atoms with Crippen LogP contribution in [0.4, 0.5) is 0 Å². The molecule has 25 heavy (non-hydrogen) atoms. The van der Waals surface area contributed by atoms with Crippen LogP contribution in [-0.4, -0.2) is 40.1 Å². The Morgan fingerprint density at radius 1 is 1.32 bits per heavy atom.